The van der Waals surface area contributed by atoms with E-state index >= 15 is 0 Å². The van der Waals surface area contributed by atoms with Crippen molar-refractivity contribution >= 4 is 39.0 Å². The summed E-state index contributed by atoms with van der Waals surface area (Å²) in [6.07, 6.45) is 0. The van der Waals surface area contributed by atoms with Crippen LogP contribution in [-0.4, -0.2) is 30.0 Å². The van der Waals surface area contributed by atoms with Gasteiger partial charge in [0.05, 0.1) is 17.6 Å². The first-order valence-electron chi connectivity index (χ1n) is 8.12. The zero-order valence-corrected chi connectivity index (χ0v) is 17.1. The van der Waals surface area contributed by atoms with Crippen LogP contribution in [0.15, 0.2) is 64.3 Å². The quantitative estimate of drug-likeness (QED) is 0.572. The predicted molar refractivity (Wildman–Crippen MR) is 110 cm³/mol. The summed E-state index contributed by atoms with van der Waals surface area (Å²) in [5.41, 5.74) is 3.12. The Hall–Kier alpha value is -2.18. The fourth-order valence-electron chi connectivity index (χ4n) is 2.99. The molecule has 134 valence electrons. The molecule has 2 aromatic rings. The van der Waals surface area contributed by atoms with Gasteiger partial charge in [-0.3, -0.25) is 4.79 Å². The monoisotopic (exact) mass is 430 g/mol. The summed E-state index contributed by atoms with van der Waals surface area (Å²) >= 11 is 8.97. The van der Waals surface area contributed by atoms with Crippen molar-refractivity contribution < 1.29 is 9.53 Å². The number of hydrogen-bond acceptors (Lipinski definition) is 3. The van der Waals surface area contributed by atoms with E-state index in [1.807, 2.05) is 67.4 Å². The molecule has 0 saturated heterocycles. The Labute approximate surface area is 167 Å². The SMILES string of the molecule is COc1ccc(C2NC(=S)N(C)C(C)=C2C(=O)c2ccccc2)cc1Br. The molecule has 1 unspecified atom stereocenters. The molecule has 1 N–H and O–H groups in total. The van der Waals surface area contributed by atoms with Crippen LogP contribution in [-0.2, 0) is 0 Å². The average Bonchev–Trinajstić information content (AvgIpc) is 2.66. The highest BCUT2D eigenvalue weighted by molar-refractivity contribution is 9.10. The topological polar surface area (TPSA) is 41.6 Å². The van der Waals surface area contributed by atoms with Crippen LogP contribution in [0.2, 0.25) is 0 Å². The Morgan fingerprint density at radius 1 is 1.23 bits per heavy atom. The molecule has 2 aromatic carbocycles. The number of nitrogens with one attached hydrogen (secondary N) is 1. The highest BCUT2D eigenvalue weighted by atomic mass is 79.9. The minimum Gasteiger partial charge on any atom is -0.496 e. The molecule has 4 nitrogen and oxygen atoms in total. The van der Waals surface area contributed by atoms with E-state index < -0.39 is 0 Å². The number of ether oxygens (including phenoxy) is 1. The van der Waals surface area contributed by atoms with Gasteiger partial charge in [-0.05, 0) is 52.8 Å². The maximum Gasteiger partial charge on any atom is 0.193 e. The number of nitrogens with zero attached hydrogens (tertiary/aromatic N) is 1. The lowest BCUT2D eigenvalue weighted by atomic mass is 9.89. The number of allylic oxidation sites excluding steroid dienone is 1. The first-order valence-corrected chi connectivity index (χ1v) is 9.32. The molecule has 6 heteroatoms. The first-order chi connectivity index (χ1) is 12.4. The average molecular weight is 431 g/mol. The molecule has 1 heterocycles. The Morgan fingerprint density at radius 3 is 2.54 bits per heavy atom. The predicted octanol–water partition coefficient (Wildman–Crippen LogP) is 4.48. The number of hydrogen-bond donors (Lipinski definition) is 1. The van der Waals surface area contributed by atoms with E-state index in [1.54, 1.807) is 7.11 Å². The summed E-state index contributed by atoms with van der Waals surface area (Å²) in [7, 11) is 3.49. The Bertz CT molecular complexity index is 896. The van der Waals surface area contributed by atoms with Crippen molar-refractivity contribution in [1.82, 2.24) is 10.2 Å². The molecule has 0 aliphatic carbocycles. The van der Waals surface area contributed by atoms with Gasteiger partial charge in [0.25, 0.3) is 0 Å². The minimum atomic E-state index is -0.325. The van der Waals surface area contributed by atoms with Crippen LogP contribution in [0.25, 0.3) is 0 Å². The maximum atomic E-state index is 13.2. The van der Waals surface area contributed by atoms with Crippen molar-refractivity contribution in [1.29, 1.82) is 0 Å². The second-order valence-corrected chi connectivity index (χ2v) is 7.27. The third kappa shape index (κ3) is 3.39. The maximum absolute atomic E-state index is 13.2. The normalized spacial score (nSPS) is 17.2. The molecular weight excluding hydrogens is 412 g/mol. The molecule has 3 rings (SSSR count). The molecule has 0 radical (unpaired) electrons. The van der Waals surface area contributed by atoms with Gasteiger partial charge >= 0.3 is 0 Å². The van der Waals surface area contributed by atoms with E-state index in [0.29, 0.717) is 16.2 Å². The van der Waals surface area contributed by atoms with Crippen molar-refractivity contribution in [3.63, 3.8) is 0 Å². The third-order valence-electron chi connectivity index (χ3n) is 4.54. The number of thiocarbonyl (C=S) groups is 1. The molecule has 1 atom stereocenters. The number of carbonyl (C=O) groups excluding carboxylic acids is 1. The molecule has 0 amide bonds. The summed E-state index contributed by atoms with van der Waals surface area (Å²) in [4.78, 5) is 15.1. The van der Waals surface area contributed by atoms with Crippen molar-refractivity contribution in [2.24, 2.45) is 0 Å². The summed E-state index contributed by atoms with van der Waals surface area (Å²) in [6.45, 7) is 1.93. The first kappa shape index (κ1) is 18.6. The van der Waals surface area contributed by atoms with Crippen LogP contribution in [0.5, 0.6) is 5.75 Å². The standard InChI is InChI=1S/C20H19BrN2O2S/c1-12-17(19(24)13-7-5-4-6-8-13)18(22-20(26)23(12)2)14-9-10-16(25-3)15(21)11-14/h4-11,18H,1-3H3,(H,22,26). The second-order valence-electron chi connectivity index (χ2n) is 6.03. The molecule has 1 aliphatic rings. The van der Waals surface area contributed by atoms with Crippen molar-refractivity contribution in [3.8, 4) is 5.75 Å². The summed E-state index contributed by atoms with van der Waals surface area (Å²) in [5, 5.41) is 3.88. The van der Waals surface area contributed by atoms with Gasteiger partial charge in [0.2, 0.25) is 0 Å². The van der Waals surface area contributed by atoms with Crippen LogP contribution < -0.4 is 10.1 Å². The molecule has 0 aromatic heterocycles. The third-order valence-corrected chi connectivity index (χ3v) is 5.56. The molecule has 0 saturated carbocycles. The Morgan fingerprint density at radius 2 is 1.92 bits per heavy atom. The van der Waals surface area contributed by atoms with Crippen molar-refractivity contribution in [2.45, 2.75) is 13.0 Å². The largest absolute Gasteiger partial charge is 0.496 e. The van der Waals surface area contributed by atoms with Gasteiger partial charge in [-0.15, -0.1) is 0 Å². The number of benzene rings is 2. The number of methoxy groups -OCH3 is 1. The number of halogens is 1. The second kappa shape index (κ2) is 7.60. The highest BCUT2D eigenvalue weighted by Gasteiger charge is 2.33. The number of rotatable bonds is 4. The number of ketones is 1. The lowest BCUT2D eigenvalue weighted by Gasteiger charge is -2.36. The van der Waals surface area contributed by atoms with Crippen LogP contribution in [0, 0.1) is 0 Å². The zero-order chi connectivity index (χ0) is 18.8. The van der Waals surface area contributed by atoms with Gasteiger partial charge in [-0.2, -0.15) is 0 Å². The fraction of sp³-hybridized carbons (Fsp3) is 0.200. The van der Waals surface area contributed by atoms with Gasteiger partial charge in [-0.25, -0.2) is 0 Å². The Kier molecular flexibility index (Phi) is 5.44. The van der Waals surface area contributed by atoms with E-state index in [9.17, 15) is 4.79 Å². The lowest BCUT2D eigenvalue weighted by molar-refractivity contribution is 0.102. The van der Waals surface area contributed by atoms with Gasteiger partial charge in [0.1, 0.15) is 5.75 Å². The number of Topliss-reactive ketones (excluding diaryl/α,β-unsaturated/α-hetero) is 1. The molecule has 1 aliphatic heterocycles. The minimum absolute atomic E-state index is 0.0121. The van der Waals surface area contributed by atoms with Crippen LogP contribution in [0.1, 0.15) is 28.9 Å². The van der Waals surface area contributed by atoms with E-state index in [4.69, 9.17) is 17.0 Å². The van der Waals surface area contributed by atoms with Crippen LogP contribution in [0.4, 0.5) is 0 Å². The summed E-state index contributed by atoms with van der Waals surface area (Å²) in [6, 6.07) is 14.7. The van der Waals surface area contributed by atoms with Gasteiger partial charge in [-0.1, -0.05) is 36.4 Å². The van der Waals surface area contributed by atoms with Gasteiger partial charge < -0.3 is 15.0 Å². The zero-order valence-electron chi connectivity index (χ0n) is 14.7. The van der Waals surface area contributed by atoms with E-state index in [2.05, 4.69) is 21.2 Å². The summed E-state index contributed by atoms with van der Waals surface area (Å²) < 4.78 is 6.14. The van der Waals surface area contributed by atoms with Gasteiger partial charge in [0.15, 0.2) is 10.9 Å². The lowest BCUT2D eigenvalue weighted by Crippen LogP contribution is -2.45. The van der Waals surface area contributed by atoms with Crippen LogP contribution >= 0.6 is 28.1 Å². The smallest absolute Gasteiger partial charge is 0.193 e. The fourth-order valence-corrected chi connectivity index (χ4v) is 3.80. The van der Waals surface area contributed by atoms with E-state index in [1.165, 1.54) is 0 Å². The molecular formula is C20H19BrN2O2S. The molecule has 26 heavy (non-hydrogen) atoms. The van der Waals surface area contributed by atoms with Gasteiger partial charge in [0, 0.05) is 23.9 Å². The van der Waals surface area contributed by atoms with Crippen molar-refractivity contribution in [2.75, 3.05) is 14.2 Å². The number of carbonyl (C=O) groups is 1. The van der Waals surface area contributed by atoms with E-state index in [-0.39, 0.29) is 11.8 Å². The molecule has 0 spiro atoms. The molecule has 0 bridgehead atoms. The van der Waals surface area contributed by atoms with E-state index in [0.717, 1.165) is 21.5 Å². The Balaban J connectivity index is 2.11. The highest BCUT2D eigenvalue weighted by Crippen LogP contribution is 2.35. The van der Waals surface area contributed by atoms with Crippen LogP contribution in [0.3, 0.4) is 0 Å². The summed E-state index contributed by atoms with van der Waals surface area (Å²) in [5.74, 6) is 0.725. The molecule has 0 fully saturated rings. The van der Waals surface area contributed by atoms with Crippen molar-refractivity contribution in [3.05, 3.63) is 75.4 Å².